The van der Waals surface area contributed by atoms with Gasteiger partial charge in [0.1, 0.15) is 5.75 Å². The Morgan fingerprint density at radius 1 is 1.00 bits per heavy atom. The lowest BCUT2D eigenvalue weighted by Crippen LogP contribution is -2.14. The van der Waals surface area contributed by atoms with E-state index < -0.39 is 0 Å². The molecule has 0 aliphatic heterocycles. The number of amides is 1. The zero-order chi connectivity index (χ0) is 25.3. The molecule has 0 saturated carbocycles. The third kappa shape index (κ3) is 6.55. The number of carbonyl (C=O) groups excluding carboxylic acids is 1. The van der Waals surface area contributed by atoms with Crippen LogP contribution in [0.5, 0.6) is 5.75 Å². The van der Waals surface area contributed by atoms with Crippen molar-refractivity contribution in [2.24, 2.45) is 0 Å². The van der Waals surface area contributed by atoms with Gasteiger partial charge in [-0.05, 0) is 74.7 Å². The molecule has 1 amide bonds. The molecule has 1 heterocycles. The zero-order valence-electron chi connectivity index (χ0n) is 21.0. The van der Waals surface area contributed by atoms with Gasteiger partial charge in [0, 0.05) is 16.9 Å². The number of ether oxygens (including phenoxy) is 1. The summed E-state index contributed by atoms with van der Waals surface area (Å²) in [5.41, 5.74) is 5.11. The van der Waals surface area contributed by atoms with Crippen molar-refractivity contribution in [2.45, 2.75) is 45.2 Å². The van der Waals surface area contributed by atoms with Crippen molar-refractivity contribution in [3.63, 3.8) is 0 Å². The predicted octanol–water partition coefficient (Wildman–Crippen LogP) is 6.71. The molecular weight excluding hydrogens is 468 g/mol. The Labute approximate surface area is 217 Å². The Morgan fingerprint density at radius 3 is 2.47 bits per heavy atom. The lowest BCUT2D eigenvalue weighted by molar-refractivity contribution is -0.113. The molecular formula is C29H32N4O2S. The number of carbonyl (C=O) groups is 1. The van der Waals surface area contributed by atoms with E-state index >= 15 is 0 Å². The molecule has 0 bridgehead atoms. The number of hydrogen-bond acceptors (Lipinski definition) is 5. The predicted molar refractivity (Wildman–Crippen MR) is 147 cm³/mol. The normalized spacial score (nSPS) is 10.9. The van der Waals surface area contributed by atoms with Crippen LogP contribution >= 0.6 is 11.8 Å². The van der Waals surface area contributed by atoms with Crippen LogP contribution in [0.3, 0.4) is 0 Å². The molecule has 6 nitrogen and oxygen atoms in total. The van der Waals surface area contributed by atoms with Gasteiger partial charge in [-0.15, -0.1) is 10.2 Å². The van der Waals surface area contributed by atoms with Crippen LogP contribution in [0, 0.1) is 6.92 Å². The largest absolute Gasteiger partial charge is 0.494 e. The minimum absolute atomic E-state index is 0.0837. The zero-order valence-corrected chi connectivity index (χ0v) is 21.8. The molecule has 1 N–H and O–H groups in total. The SMILES string of the molecule is CCCCc1ccc(NC(=O)CSc2nnc(-c3cccc(C)c3)n2-c2ccc(OCC)cc2)cc1. The number of aromatic nitrogens is 3. The average molecular weight is 501 g/mol. The molecule has 1 aromatic heterocycles. The maximum atomic E-state index is 12.7. The topological polar surface area (TPSA) is 69.0 Å². The van der Waals surface area contributed by atoms with E-state index in [1.165, 1.54) is 30.2 Å². The van der Waals surface area contributed by atoms with Gasteiger partial charge in [0.2, 0.25) is 5.91 Å². The molecule has 0 aliphatic carbocycles. The van der Waals surface area contributed by atoms with Gasteiger partial charge in [0.25, 0.3) is 0 Å². The summed E-state index contributed by atoms with van der Waals surface area (Å²) in [5, 5.41) is 12.6. The summed E-state index contributed by atoms with van der Waals surface area (Å²) in [6.45, 7) is 6.81. The van der Waals surface area contributed by atoms with Crippen LogP contribution in [0.2, 0.25) is 0 Å². The van der Waals surface area contributed by atoms with Gasteiger partial charge in [-0.2, -0.15) is 0 Å². The quantitative estimate of drug-likeness (QED) is 0.232. The molecule has 36 heavy (non-hydrogen) atoms. The number of unbranched alkanes of at least 4 members (excludes halogenated alkanes) is 1. The minimum Gasteiger partial charge on any atom is -0.494 e. The third-order valence-corrected chi connectivity index (χ3v) is 6.63. The van der Waals surface area contributed by atoms with E-state index in [0.717, 1.165) is 40.5 Å². The number of nitrogens with zero attached hydrogens (tertiary/aromatic N) is 3. The monoisotopic (exact) mass is 500 g/mol. The number of benzene rings is 3. The molecule has 0 aliphatic rings. The van der Waals surface area contributed by atoms with Gasteiger partial charge in [0.05, 0.1) is 12.4 Å². The summed E-state index contributed by atoms with van der Waals surface area (Å²) in [4.78, 5) is 12.7. The minimum atomic E-state index is -0.0837. The van der Waals surface area contributed by atoms with Crippen LogP contribution < -0.4 is 10.1 Å². The number of hydrogen-bond donors (Lipinski definition) is 1. The Kier molecular flexibility index (Phi) is 8.79. The molecule has 3 aromatic carbocycles. The molecule has 0 fully saturated rings. The smallest absolute Gasteiger partial charge is 0.234 e. The first-order valence-electron chi connectivity index (χ1n) is 12.3. The lowest BCUT2D eigenvalue weighted by Gasteiger charge is -2.12. The molecule has 0 spiro atoms. The van der Waals surface area contributed by atoms with Crippen LogP contribution in [-0.4, -0.2) is 33.0 Å². The Balaban J connectivity index is 1.52. The molecule has 0 unspecified atom stereocenters. The highest BCUT2D eigenvalue weighted by atomic mass is 32.2. The van der Waals surface area contributed by atoms with Gasteiger partial charge in [-0.25, -0.2) is 0 Å². The number of thioether (sulfide) groups is 1. The fraction of sp³-hybridized carbons (Fsp3) is 0.276. The fourth-order valence-corrected chi connectivity index (χ4v) is 4.64. The fourth-order valence-electron chi connectivity index (χ4n) is 3.89. The second kappa shape index (κ2) is 12.4. The third-order valence-electron chi connectivity index (χ3n) is 5.70. The summed E-state index contributed by atoms with van der Waals surface area (Å²) in [6, 6.07) is 24.1. The van der Waals surface area contributed by atoms with Crippen LogP contribution in [-0.2, 0) is 11.2 Å². The van der Waals surface area contributed by atoms with Gasteiger partial charge < -0.3 is 10.1 Å². The Hall–Kier alpha value is -3.58. The van der Waals surface area contributed by atoms with Crippen LogP contribution in [0.4, 0.5) is 5.69 Å². The van der Waals surface area contributed by atoms with Crippen LogP contribution in [0.15, 0.2) is 78.0 Å². The highest BCUT2D eigenvalue weighted by molar-refractivity contribution is 7.99. The summed E-state index contributed by atoms with van der Waals surface area (Å²) in [7, 11) is 0. The molecule has 0 saturated heterocycles. The van der Waals surface area contributed by atoms with E-state index in [9.17, 15) is 4.79 Å². The van der Waals surface area contributed by atoms with Crippen molar-refractivity contribution in [3.05, 3.63) is 83.9 Å². The van der Waals surface area contributed by atoms with Crippen molar-refractivity contribution in [2.75, 3.05) is 17.7 Å². The maximum absolute atomic E-state index is 12.7. The van der Waals surface area contributed by atoms with Crippen LogP contribution in [0.1, 0.15) is 37.8 Å². The van der Waals surface area contributed by atoms with E-state index in [1.54, 1.807) is 0 Å². The molecule has 4 aromatic rings. The van der Waals surface area contributed by atoms with Gasteiger partial charge in [-0.1, -0.05) is 61.0 Å². The summed E-state index contributed by atoms with van der Waals surface area (Å²) in [6.07, 6.45) is 3.40. The first-order valence-corrected chi connectivity index (χ1v) is 13.3. The van der Waals surface area contributed by atoms with E-state index in [0.29, 0.717) is 11.8 Å². The number of anilines is 1. The highest BCUT2D eigenvalue weighted by Crippen LogP contribution is 2.29. The van der Waals surface area contributed by atoms with Crippen molar-refractivity contribution in [1.82, 2.24) is 14.8 Å². The lowest BCUT2D eigenvalue weighted by atomic mass is 10.1. The summed E-state index contributed by atoms with van der Waals surface area (Å²) < 4.78 is 7.59. The van der Waals surface area contributed by atoms with Gasteiger partial charge in [0.15, 0.2) is 11.0 Å². The summed E-state index contributed by atoms with van der Waals surface area (Å²) in [5.74, 6) is 1.68. The number of nitrogens with one attached hydrogen (secondary N) is 1. The van der Waals surface area contributed by atoms with Gasteiger partial charge >= 0.3 is 0 Å². The van der Waals surface area contributed by atoms with E-state index in [4.69, 9.17) is 4.74 Å². The Morgan fingerprint density at radius 2 is 1.78 bits per heavy atom. The van der Waals surface area contributed by atoms with Gasteiger partial charge in [-0.3, -0.25) is 9.36 Å². The molecule has 7 heteroatoms. The first kappa shape index (κ1) is 25.5. The first-order chi connectivity index (χ1) is 17.6. The Bertz CT molecular complexity index is 1280. The number of aryl methyl sites for hydroxylation is 2. The van der Waals surface area contributed by atoms with Crippen molar-refractivity contribution < 1.29 is 9.53 Å². The number of rotatable bonds is 11. The standard InChI is InChI=1S/C29H32N4O2S/c1-4-6-9-22-11-13-24(14-12-22)30-27(34)20-36-29-32-31-28(23-10-7-8-21(3)19-23)33(29)25-15-17-26(18-16-25)35-5-2/h7-8,10-19H,4-6,9,20H2,1-3H3,(H,30,34). The van der Waals surface area contributed by atoms with E-state index in [1.807, 2.05) is 60.0 Å². The van der Waals surface area contributed by atoms with Crippen molar-refractivity contribution in [3.8, 4) is 22.8 Å². The molecule has 4 rings (SSSR count). The summed E-state index contributed by atoms with van der Waals surface area (Å²) >= 11 is 1.36. The molecule has 0 radical (unpaired) electrons. The van der Waals surface area contributed by atoms with E-state index in [-0.39, 0.29) is 11.7 Å². The second-order valence-electron chi connectivity index (χ2n) is 8.58. The van der Waals surface area contributed by atoms with Crippen LogP contribution in [0.25, 0.3) is 17.1 Å². The maximum Gasteiger partial charge on any atom is 0.234 e. The van der Waals surface area contributed by atoms with Crippen molar-refractivity contribution in [1.29, 1.82) is 0 Å². The van der Waals surface area contributed by atoms with Crippen molar-refractivity contribution >= 4 is 23.4 Å². The second-order valence-corrected chi connectivity index (χ2v) is 9.52. The highest BCUT2D eigenvalue weighted by Gasteiger charge is 2.18. The van der Waals surface area contributed by atoms with E-state index in [2.05, 4.69) is 53.6 Å². The molecule has 186 valence electrons. The molecule has 0 atom stereocenters. The average Bonchev–Trinajstić information content (AvgIpc) is 3.32.